The lowest BCUT2D eigenvalue weighted by atomic mass is 9.76. The highest BCUT2D eigenvalue weighted by atomic mass is 32.1. The van der Waals surface area contributed by atoms with Crippen LogP contribution in [-0.2, 0) is 34.9 Å². The van der Waals surface area contributed by atoms with Crippen LogP contribution in [0.25, 0.3) is 10.4 Å². The summed E-state index contributed by atoms with van der Waals surface area (Å²) in [5.74, 6) is -2.98. The van der Waals surface area contributed by atoms with Gasteiger partial charge in [0, 0.05) is 56.8 Å². The molecule has 4 aromatic rings. The molecule has 3 heterocycles. The molecule has 2 fully saturated rings. The largest absolute Gasteiger partial charge is 0.492 e. The number of aliphatic hydroxyl groups is 1. The number of thiocarbonyl (C=S) groups is 1. The molecule has 6 atom stereocenters. The van der Waals surface area contributed by atoms with Crippen LogP contribution in [-0.4, -0.2) is 129 Å². The fraction of sp³-hybridized carbons (Fsp3) is 0.532. The Balaban J connectivity index is 0.990. The predicted octanol–water partition coefficient (Wildman–Crippen LogP) is 10.2. The number of likely N-dealkylation sites (N-methyl/N-ethyl adjacent to an activating group) is 2. The number of likely N-dealkylation sites (tertiary alicyclic amines) is 1. The van der Waals surface area contributed by atoms with Crippen molar-refractivity contribution in [1.29, 1.82) is 5.26 Å². The molecule has 448 valence electrons. The number of aromatic nitrogens is 1. The number of aryl methyl sites for hydroxylation is 1. The Morgan fingerprint density at radius 1 is 0.940 bits per heavy atom. The number of amides is 4. The normalized spacial score (nSPS) is 17.9. The number of rotatable bonds is 24. The summed E-state index contributed by atoms with van der Waals surface area (Å²) in [6, 6.07) is 17.2. The van der Waals surface area contributed by atoms with E-state index in [-0.39, 0.29) is 103 Å². The third-order valence-corrected chi connectivity index (χ3v) is 17.2. The van der Waals surface area contributed by atoms with Gasteiger partial charge in [0.05, 0.1) is 63.7 Å². The maximum Gasteiger partial charge on any atom is 0.417 e. The van der Waals surface area contributed by atoms with Crippen molar-refractivity contribution in [3.63, 3.8) is 0 Å². The molecule has 83 heavy (non-hydrogen) atoms. The van der Waals surface area contributed by atoms with Gasteiger partial charge in [-0.15, -0.1) is 11.3 Å². The Hall–Kier alpha value is -6.60. The van der Waals surface area contributed by atoms with Gasteiger partial charge in [0.1, 0.15) is 29.7 Å². The van der Waals surface area contributed by atoms with Gasteiger partial charge in [0.2, 0.25) is 17.7 Å². The number of ketones is 2. The number of halogens is 3. The smallest absolute Gasteiger partial charge is 0.417 e. The number of carbonyl (C=O) groups excluding carboxylic acids is 6. The van der Waals surface area contributed by atoms with E-state index >= 15 is 0 Å². The molecule has 0 spiro atoms. The zero-order valence-electron chi connectivity index (χ0n) is 49.8. The number of alkyl halides is 3. The minimum absolute atomic E-state index is 0.00199. The standard InChI is InChI=1S/C62H79F3N8O8S2/c1-36(2)48(56(78)70(13)27-28-81-47-24-22-43(23-25-47)73-59(82)72(58(80)61(73,10)11)44-21-20-42(33-66)49(29-44)62(63,64)65)32-52(76)53(37(3)4)69(12)26-14-15-45(74)30-50(60(7,8)9)57(79)71-34-46(75)31-51(71)55(77)68-38(5)40-16-18-41(19-17-40)54-39(6)67-35-83-54/h16-25,29,35-38,46,48,50-51,53,75H,14-15,26-28,30-32,34H2,1-13H3,(H,68,77)/t38?,46-,48+,50-,51+,53+/m1/s1. The van der Waals surface area contributed by atoms with E-state index in [9.17, 15) is 52.3 Å². The van der Waals surface area contributed by atoms with E-state index in [0.717, 1.165) is 38.7 Å². The summed E-state index contributed by atoms with van der Waals surface area (Å²) in [6.45, 7) is 21.1. The lowest BCUT2D eigenvalue weighted by molar-refractivity contribution is -0.146. The van der Waals surface area contributed by atoms with Gasteiger partial charge in [0.15, 0.2) is 10.9 Å². The number of carbonyl (C=O) groups is 6. The SMILES string of the molecule is Cc1ncsc1-c1ccc(C(C)NC(=O)[C@@H]2C[C@@H](O)CN2C(=O)[C@@H](CC(=O)CCCN(C)[C@H](C(=O)C[C@H](C(=O)N(C)CCOc2ccc(N3C(=S)N(c4ccc(C#N)c(C(F)(F)F)c4)C(=O)C3(C)C)cc2)C(C)C)C(C)C)C(C)(C)C)cc1. The van der Waals surface area contributed by atoms with Crippen molar-refractivity contribution < 1.29 is 51.8 Å². The van der Waals surface area contributed by atoms with Gasteiger partial charge in [0.25, 0.3) is 5.91 Å². The Morgan fingerprint density at radius 3 is 2.14 bits per heavy atom. The molecule has 2 aliphatic rings. The predicted molar refractivity (Wildman–Crippen MR) is 318 cm³/mol. The Labute approximate surface area is 495 Å². The van der Waals surface area contributed by atoms with Crippen LogP contribution in [0.2, 0.25) is 0 Å². The van der Waals surface area contributed by atoms with Crippen LogP contribution in [0, 0.1) is 47.3 Å². The number of anilines is 2. The maximum atomic E-state index is 14.4. The fourth-order valence-electron chi connectivity index (χ4n) is 11.1. The topological polar surface area (TPSA) is 197 Å². The number of β-amino-alcohol motifs (C(OH)–C–C–N with tert-alkyl or cyclic N) is 1. The van der Waals surface area contributed by atoms with E-state index in [1.54, 1.807) is 68.1 Å². The van der Waals surface area contributed by atoms with E-state index in [1.807, 2.05) is 98.5 Å². The highest BCUT2D eigenvalue weighted by molar-refractivity contribution is 7.81. The van der Waals surface area contributed by atoms with Gasteiger partial charge in [-0.05, 0) is 131 Å². The van der Waals surface area contributed by atoms with Gasteiger partial charge in [-0.3, -0.25) is 38.6 Å². The Bertz CT molecular complexity index is 3060. The summed E-state index contributed by atoms with van der Waals surface area (Å²) in [5.41, 5.74) is 1.32. The molecule has 0 saturated carbocycles. The number of aliphatic hydroxyl groups excluding tert-OH is 1. The first-order valence-electron chi connectivity index (χ1n) is 28.1. The molecule has 1 unspecified atom stereocenters. The van der Waals surface area contributed by atoms with Crippen molar-refractivity contribution in [2.75, 3.05) is 50.1 Å². The number of ether oxygens (including phenoxy) is 1. The maximum absolute atomic E-state index is 14.4. The number of nitrogens with one attached hydrogen (secondary N) is 1. The van der Waals surface area contributed by atoms with Gasteiger partial charge in [-0.25, -0.2) is 4.98 Å². The van der Waals surface area contributed by atoms with Gasteiger partial charge >= 0.3 is 6.18 Å². The summed E-state index contributed by atoms with van der Waals surface area (Å²) in [7, 11) is 3.49. The lowest BCUT2D eigenvalue weighted by Crippen LogP contribution is -2.50. The highest BCUT2D eigenvalue weighted by Crippen LogP contribution is 2.41. The van der Waals surface area contributed by atoms with Crippen molar-refractivity contribution in [1.82, 2.24) is 25.0 Å². The Kier molecular flexibility index (Phi) is 21.3. The number of Topliss-reactive ketones (excluding diaryl/α,β-unsaturated/α-hetero) is 2. The monoisotopic (exact) mass is 1180 g/mol. The molecule has 2 N–H and O–H groups in total. The zero-order valence-corrected chi connectivity index (χ0v) is 51.4. The van der Waals surface area contributed by atoms with Crippen LogP contribution in [0.3, 0.4) is 0 Å². The molecule has 2 aliphatic heterocycles. The number of nitrogens with zero attached hydrogens (tertiary/aromatic N) is 7. The Morgan fingerprint density at radius 2 is 1.58 bits per heavy atom. The molecule has 4 amide bonds. The number of hydrogen-bond donors (Lipinski definition) is 2. The molecule has 2 saturated heterocycles. The van der Waals surface area contributed by atoms with Gasteiger partial charge in [-0.2, -0.15) is 18.4 Å². The summed E-state index contributed by atoms with van der Waals surface area (Å²) in [6.07, 6.45) is -5.14. The molecule has 16 nitrogen and oxygen atoms in total. The number of hydrogen-bond acceptors (Lipinski definition) is 13. The van der Waals surface area contributed by atoms with E-state index in [0.29, 0.717) is 24.4 Å². The molecule has 3 aromatic carbocycles. The first-order chi connectivity index (χ1) is 38.8. The van der Waals surface area contributed by atoms with Crippen molar-refractivity contribution in [2.24, 2.45) is 29.1 Å². The van der Waals surface area contributed by atoms with Crippen LogP contribution in [0.5, 0.6) is 5.75 Å². The van der Waals surface area contributed by atoms with Crippen LogP contribution in [0.1, 0.15) is 130 Å². The molecule has 21 heteroatoms. The number of benzene rings is 3. The molecule has 1 aromatic heterocycles. The molecule has 0 bridgehead atoms. The van der Waals surface area contributed by atoms with Crippen molar-refractivity contribution >= 4 is 75.2 Å². The fourth-order valence-corrected chi connectivity index (χ4v) is 12.4. The lowest BCUT2D eigenvalue weighted by Gasteiger charge is -2.35. The summed E-state index contributed by atoms with van der Waals surface area (Å²) >= 11 is 7.23. The van der Waals surface area contributed by atoms with E-state index in [2.05, 4.69) is 10.3 Å². The molecule has 6 rings (SSSR count). The van der Waals surface area contributed by atoms with E-state index in [4.69, 9.17) is 17.0 Å². The number of thiazole rings is 1. The first kappa shape index (κ1) is 65.6. The second-order valence-electron chi connectivity index (χ2n) is 24.2. The zero-order chi connectivity index (χ0) is 61.6. The van der Waals surface area contributed by atoms with Crippen LogP contribution in [0.4, 0.5) is 24.5 Å². The molecular weight excluding hydrogens is 1110 g/mol. The van der Waals surface area contributed by atoms with Gasteiger partial charge < -0.3 is 29.9 Å². The van der Waals surface area contributed by atoms with Gasteiger partial charge in [-0.1, -0.05) is 72.7 Å². The third-order valence-electron chi connectivity index (χ3n) is 15.9. The molecule has 0 radical (unpaired) electrons. The second kappa shape index (κ2) is 27.0. The van der Waals surface area contributed by atoms with Crippen LogP contribution < -0.4 is 19.9 Å². The van der Waals surface area contributed by atoms with Crippen molar-refractivity contribution in [2.45, 2.75) is 144 Å². The minimum Gasteiger partial charge on any atom is -0.492 e. The highest BCUT2D eigenvalue weighted by Gasteiger charge is 2.51. The van der Waals surface area contributed by atoms with Crippen molar-refractivity contribution in [3.05, 3.63) is 94.6 Å². The van der Waals surface area contributed by atoms with E-state index in [1.165, 1.54) is 20.8 Å². The number of nitriles is 1. The average molecular weight is 1190 g/mol. The minimum atomic E-state index is -4.83. The average Bonchev–Trinajstić information content (AvgIpc) is 4.31. The first-order valence-corrected chi connectivity index (χ1v) is 29.4. The molecule has 0 aliphatic carbocycles. The quantitative estimate of drug-likeness (QED) is 0.0630. The summed E-state index contributed by atoms with van der Waals surface area (Å²) in [4.78, 5) is 96.8. The second-order valence-corrected chi connectivity index (χ2v) is 25.4. The van der Waals surface area contributed by atoms with E-state index < -0.39 is 64.2 Å². The van der Waals surface area contributed by atoms with Crippen LogP contribution in [0.15, 0.2) is 72.2 Å². The summed E-state index contributed by atoms with van der Waals surface area (Å²) in [5, 5.41) is 23.1. The van der Waals surface area contributed by atoms with Crippen molar-refractivity contribution in [3.8, 4) is 22.3 Å². The third kappa shape index (κ3) is 15.4. The summed E-state index contributed by atoms with van der Waals surface area (Å²) < 4.78 is 47.5. The van der Waals surface area contributed by atoms with Crippen LogP contribution >= 0.6 is 23.6 Å². The molecular formula is C62H79F3N8O8S2.